The first kappa shape index (κ1) is 17.7. The molecule has 1 aliphatic heterocycles. The van der Waals surface area contributed by atoms with Gasteiger partial charge in [0.1, 0.15) is 0 Å². The maximum Gasteiger partial charge on any atom is 0.269 e. The molecule has 1 fully saturated rings. The van der Waals surface area contributed by atoms with Gasteiger partial charge in [-0.25, -0.2) is 0 Å². The molecule has 0 atom stereocenters. The summed E-state index contributed by atoms with van der Waals surface area (Å²) >= 11 is 0. The summed E-state index contributed by atoms with van der Waals surface area (Å²) in [7, 11) is 1.92. The van der Waals surface area contributed by atoms with Gasteiger partial charge in [0.05, 0.1) is 11.5 Å². The Hall–Kier alpha value is -3.09. The molecule has 1 heterocycles. The molecule has 3 rings (SSSR count). The van der Waals surface area contributed by atoms with E-state index >= 15 is 0 Å². The minimum absolute atomic E-state index is 0.0894. The molecular formula is C19H22N4O3. The first-order chi connectivity index (χ1) is 12.5. The molecule has 1 aliphatic rings. The number of non-ortho nitro benzene ring substituents is 1. The van der Waals surface area contributed by atoms with Crippen LogP contribution >= 0.6 is 0 Å². The maximum atomic E-state index is 12.5. The summed E-state index contributed by atoms with van der Waals surface area (Å²) in [6.07, 6.45) is 0. The van der Waals surface area contributed by atoms with Crippen molar-refractivity contribution in [3.05, 3.63) is 64.7 Å². The molecule has 0 bridgehead atoms. The van der Waals surface area contributed by atoms with Gasteiger partial charge in [0.2, 0.25) is 5.91 Å². The van der Waals surface area contributed by atoms with Gasteiger partial charge in [-0.05, 0) is 24.3 Å². The average Bonchev–Trinajstić information content (AvgIpc) is 2.69. The maximum absolute atomic E-state index is 12.5. The van der Waals surface area contributed by atoms with Gasteiger partial charge in [0, 0.05) is 56.7 Å². The Labute approximate surface area is 152 Å². The van der Waals surface area contributed by atoms with E-state index in [2.05, 4.69) is 4.90 Å². The lowest BCUT2D eigenvalue weighted by atomic mass is 10.2. The van der Waals surface area contributed by atoms with Crippen molar-refractivity contribution in [1.29, 1.82) is 0 Å². The van der Waals surface area contributed by atoms with Crippen LogP contribution in [-0.2, 0) is 4.79 Å². The number of likely N-dealkylation sites (N-methyl/N-ethyl adjacent to an activating group) is 1. The fourth-order valence-corrected chi connectivity index (χ4v) is 3.08. The van der Waals surface area contributed by atoms with Crippen LogP contribution in [0.2, 0.25) is 0 Å². The Kier molecular flexibility index (Phi) is 5.36. The van der Waals surface area contributed by atoms with Gasteiger partial charge in [0.15, 0.2) is 0 Å². The summed E-state index contributed by atoms with van der Waals surface area (Å²) in [5.41, 5.74) is 2.06. The largest absolute Gasteiger partial charge is 0.368 e. The predicted molar refractivity (Wildman–Crippen MR) is 102 cm³/mol. The molecule has 0 spiro atoms. The quantitative estimate of drug-likeness (QED) is 0.609. The summed E-state index contributed by atoms with van der Waals surface area (Å²) in [5, 5.41) is 10.7. The van der Waals surface area contributed by atoms with Gasteiger partial charge in [0.25, 0.3) is 5.69 Å². The lowest BCUT2D eigenvalue weighted by Crippen LogP contribution is -2.51. The number of nitro benzene ring substituents is 1. The monoisotopic (exact) mass is 354 g/mol. The molecule has 2 aromatic carbocycles. The van der Waals surface area contributed by atoms with Crippen LogP contribution in [0.1, 0.15) is 0 Å². The van der Waals surface area contributed by atoms with Crippen molar-refractivity contribution in [1.82, 2.24) is 4.90 Å². The zero-order valence-electron chi connectivity index (χ0n) is 14.7. The van der Waals surface area contributed by atoms with Gasteiger partial charge >= 0.3 is 0 Å². The standard InChI is InChI=1S/C19H22N4O3/c1-20(16-5-3-2-4-6-16)15-19(24)22-13-11-21(12-14-22)17-7-9-18(10-8-17)23(25)26/h2-10H,11-15H2,1H3. The summed E-state index contributed by atoms with van der Waals surface area (Å²) in [4.78, 5) is 28.9. The molecule has 2 aromatic rings. The van der Waals surface area contributed by atoms with E-state index in [-0.39, 0.29) is 11.6 Å². The molecule has 0 aromatic heterocycles. The highest BCUT2D eigenvalue weighted by Gasteiger charge is 2.22. The summed E-state index contributed by atoms with van der Waals surface area (Å²) in [6, 6.07) is 16.4. The van der Waals surface area contributed by atoms with Gasteiger partial charge in [-0.2, -0.15) is 0 Å². The zero-order valence-corrected chi connectivity index (χ0v) is 14.7. The molecule has 1 saturated heterocycles. The number of carbonyl (C=O) groups is 1. The van der Waals surface area contributed by atoms with Crippen LogP contribution in [-0.4, -0.2) is 55.5 Å². The third-order valence-electron chi connectivity index (χ3n) is 4.63. The fraction of sp³-hybridized carbons (Fsp3) is 0.316. The number of anilines is 2. The first-order valence-corrected chi connectivity index (χ1v) is 8.58. The number of hydrogen-bond acceptors (Lipinski definition) is 5. The van der Waals surface area contributed by atoms with Crippen molar-refractivity contribution in [3.63, 3.8) is 0 Å². The van der Waals surface area contributed by atoms with Crippen LogP contribution in [0.25, 0.3) is 0 Å². The second-order valence-corrected chi connectivity index (χ2v) is 6.33. The molecule has 0 radical (unpaired) electrons. The van der Waals surface area contributed by atoms with E-state index in [1.807, 2.05) is 47.2 Å². The Balaban J connectivity index is 1.53. The van der Waals surface area contributed by atoms with Gasteiger partial charge in [-0.15, -0.1) is 0 Å². The van der Waals surface area contributed by atoms with E-state index in [4.69, 9.17) is 0 Å². The van der Waals surface area contributed by atoms with Crippen LogP contribution in [0, 0.1) is 10.1 Å². The Morgan fingerprint density at radius 3 is 2.23 bits per heavy atom. The second-order valence-electron chi connectivity index (χ2n) is 6.33. The van der Waals surface area contributed by atoms with Crippen molar-refractivity contribution in [2.45, 2.75) is 0 Å². The topological polar surface area (TPSA) is 69.9 Å². The van der Waals surface area contributed by atoms with Crippen molar-refractivity contribution in [2.24, 2.45) is 0 Å². The molecule has 7 heteroatoms. The minimum Gasteiger partial charge on any atom is -0.368 e. The van der Waals surface area contributed by atoms with Crippen molar-refractivity contribution in [2.75, 3.05) is 49.6 Å². The SMILES string of the molecule is CN(CC(=O)N1CCN(c2ccc([N+](=O)[O-])cc2)CC1)c1ccccc1. The molecular weight excluding hydrogens is 332 g/mol. The molecule has 26 heavy (non-hydrogen) atoms. The Morgan fingerprint density at radius 2 is 1.65 bits per heavy atom. The number of amides is 1. The van der Waals surface area contributed by atoms with Crippen LogP contribution in [0.3, 0.4) is 0 Å². The molecule has 1 amide bonds. The number of nitro groups is 1. The first-order valence-electron chi connectivity index (χ1n) is 8.58. The number of piperazine rings is 1. The summed E-state index contributed by atoms with van der Waals surface area (Å²) < 4.78 is 0. The smallest absolute Gasteiger partial charge is 0.269 e. The lowest BCUT2D eigenvalue weighted by molar-refractivity contribution is -0.384. The predicted octanol–water partition coefficient (Wildman–Crippen LogP) is 2.38. The normalized spacial score (nSPS) is 14.2. The third kappa shape index (κ3) is 4.11. The number of carbonyl (C=O) groups excluding carboxylic acids is 1. The van der Waals surface area contributed by atoms with Crippen LogP contribution < -0.4 is 9.80 Å². The minimum atomic E-state index is -0.399. The second kappa shape index (κ2) is 7.86. The van der Waals surface area contributed by atoms with E-state index in [0.717, 1.165) is 24.5 Å². The van der Waals surface area contributed by atoms with Crippen LogP contribution in [0.4, 0.5) is 17.1 Å². The average molecular weight is 354 g/mol. The molecule has 0 aliphatic carbocycles. The molecule has 136 valence electrons. The van der Waals surface area contributed by atoms with E-state index in [0.29, 0.717) is 19.6 Å². The lowest BCUT2D eigenvalue weighted by Gasteiger charge is -2.36. The third-order valence-corrected chi connectivity index (χ3v) is 4.63. The fourth-order valence-electron chi connectivity index (χ4n) is 3.08. The Bertz CT molecular complexity index is 756. The highest BCUT2D eigenvalue weighted by Crippen LogP contribution is 2.21. The zero-order chi connectivity index (χ0) is 18.5. The van der Waals surface area contributed by atoms with E-state index in [1.54, 1.807) is 12.1 Å². The van der Waals surface area contributed by atoms with Crippen molar-refractivity contribution in [3.8, 4) is 0 Å². The van der Waals surface area contributed by atoms with E-state index < -0.39 is 4.92 Å². The molecule has 0 N–H and O–H groups in total. The van der Waals surface area contributed by atoms with Gasteiger partial charge in [-0.3, -0.25) is 14.9 Å². The highest BCUT2D eigenvalue weighted by molar-refractivity contribution is 5.81. The highest BCUT2D eigenvalue weighted by atomic mass is 16.6. The number of rotatable bonds is 5. The molecule has 7 nitrogen and oxygen atoms in total. The van der Waals surface area contributed by atoms with Crippen LogP contribution in [0.15, 0.2) is 54.6 Å². The summed E-state index contributed by atoms with van der Waals surface area (Å²) in [6.45, 7) is 3.09. The molecule has 0 saturated carbocycles. The number of nitrogens with zero attached hydrogens (tertiary/aromatic N) is 4. The molecule has 0 unspecified atom stereocenters. The number of para-hydroxylation sites is 1. The van der Waals surface area contributed by atoms with Crippen molar-refractivity contribution < 1.29 is 9.72 Å². The van der Waals surface area contributed by atoms with E-state index in [9.17, 15) is 14.9 Å². The van der Waals surface area contributed by atoms with Gasteiger partial charge < -0.3 is 14.7 Å². The number of benzene rings is 2. The van der Waals surface area contributed by atoms with E-state index in [1.165, 1.54) is 12.1 Å². The number of hydrogen-bond donors (Lipinski definition) is 0. The van der Waals surface area contributed by atoms with Crippen LogP contribution in [0.5, 0.6) is 0 Å². The summed E-state index contributed by atoms with van der Waals surface area (Å²) in [5.74, 6) is 0.111. The Morgan fingerprint density at radius 1 is 1.04 bits per heavy atom. The van der Waals surface area contributed by atoms with Gasteiger partial charge in [-0.1, -0.05) is 18.2 Å². The van der Waals surface area contributed by atoms with Crippen molar-refractivity contribution >= 4 is 23.0 Å².